The van der Waals surface area contributed by atoms with Gasteiger partial charge in [0, 0.05) is 24.9 Å². The van der Waals surface area contributed by atoms with Crippen molar-refractivity contribution < 1.29 is 9.26 Å². The summed E-state index contributed by atoms with van der Waals surface area (Å²) in [6, 6.07) is 0.312. The largest absolute Gasteiger partial charge is 0.378 e. The van der Waals surface area contributed by atoms with Crippen LogP contribution in [-0.4, -0.2) is 35.9 Å². The molecule has 1 aliphatic heterocycles. The summed E-state index contributed by atoms with van der Waals surface area (Å²) >= 11 is 0. The van der Waals surface area contributed by atoms with Crippen molar-refractivity contribution in [2.24, 2.45) is 5.92 Å². The zero-order valence-corrected chi connectivity index (χ0v) is 13.0. The lowest BCUT2D eigenvalue weighted by molar-refractivity contribution is 0.0744. The molecule has 118 valence electrons. The van der Waals surface area contributed by atoms with Crippen molar-refractivity contribution in [2.75, 3.05) is 19.8 Å². The fourth-order valence-corrected chi connectivity index (χ4v) is 3.60. The average Bonchev–Trinajstić information content (AvgIpc) is 2.98. The SMILES string of the molecule is CCCC1CCC(c2noc(CC3COCCN3)n2)CC1. The Bertz CT molecular complexity index is 421. The van der Waals surface area contributed by atoms with Gasteiger partial charge in [-0.05, 0) is 31.6 Å². The summed E-state index contributed by atoms with van der Waals surface area (Å²) in [6.07, 6.45) is 8.53. The first kappa shape index (κ1) is 15.0. The van der Waals surface area contributed by atoms with E-state index in [2.05, 4.69) is 22.4 Å². The molecule has 5 nitrogen and oxygen atoms in total. The van der Waals surface area contributed by atoms with E-state index < -0.39 is 0 Å². The predicted octanol–water partition coefficient (Wildman–Crippen LogP) is 2.67. The number of rotatable bonds is 5. The van der Waals surface area contributed by atoms with E-state index in [4.69, 9.17) is 9.26 Å². The Balaban J connectivity index is 1.50. The second-order valence-electron chi connectivity index (χ2n) is 6.48. The molecule has 0 bridgehead atoms. The van der Waals surface area contributed by atoms with Crippen molar-refractivity contribution in [1.82, 2.24) is 15.5 Å². The van der Waals surface area contributed by atoms with Gasteiger partial charge in [0.25, 0.3) is 0 Å². The summed E-state index contributed by atoms with van der Waals surface area (Å²) in [4.78, 5) is 4.63. The van der Waals surface area contributed by atoms with Crippen LogP contribution in [0.1, 0.15) is 63.1 Å². The lowest BCUT2D eigenvalue weighted by atomic mass is 9.80. The molecule has 1 saturated heterocycles. The molecule has 1 atom stereocenters. The summed E-state index contributed by atoms with van der Waals surface area (Å²) in [5.41, 5.74) is 0. The molecule has 3 rings (SSSR count). The number of hydrogen-bond donors (Lipinski definition) is 1. The number of hydrogen-bond acceptors (Lipinski definition) is 5. The monoisotopic (exact) mass is 293 g/mol. The molecule has 1 aliphatic carbocycles. The molecule has 0 spiro atoms. The second kappa shape index (κ2) is 7.36. The first-order valence-corrected chi connectivity index (χ1v) is 8.48. The summed E-state index contributed by atoms with van der Waals surface area (Å²) in [5, 5.41) is 7.65. The third kappa shape index (κ3) is 4.04. The number of aromatic nitrogens is 2. The Morgan fingerprint density at radius 1 is 1.24 bits per heavy atom. The molecule has 21 heavy (non-hydrogen) atoms. The first-order chi connectivity index (χ1) is 10.3. The van der Waals surface area contributed by atoms with Gasteiger partial charge in [0.2, 0.25) is 5.89 Å². The average molecular weight is 293 g/mol. The van der Waals surface area contributed by atoms with Crippen molar-refractivity contribution >= 4 is 0 Å². The molecule has 0 radical (unpaired) electrons. The Kier molecular flexibility index (Phi) is 5.25. The minimum absolute atomic E-state index is 0.312. The van der Waals surface area contributed by atoms with E-state index in [0.717, 1.165) is 43.8 Å². The molecule has 1 aromatic rings. The normalized spacial score (nSPS) is 30.4. The molecule has 2 heterocycles. The van der Waals surface area contributed by atoms with Crippen molar-refractivity contribution in [1.29, 1.82) is 0 Å². The van der Waals surface area contributed by atoms with Gasteiger partial charge in [0.1, 0.15) is 0 Å². The van der Waals surface area contributed by atoms with Crippen LogP contribution in [0.2, 0.25) is 0 Å². The van der Waals surface area contributed by atoms with Crippen molar-refractivity contribution in [3.8, 4) is 0 Å². The molecular weight excluding hydrogens is 266 g/mol. The van der Waals surface area contributed by atoms with Gasteiger partial charge in [-0.3, -0.25) is 0 Å². The van der Waals surface area contributed by atoms with E-state index in [0.29, 0.717) is 12.0 Å². The van der Waals surface area contributed by atoms with Crippen molar-refractivity contribution in [3.63, 3.8) is 0 Å². The highest BCUT2D eigenvalue weighted by atomic mass is 16.5. The minimum Gasteiger partial charge on any atom is -0.378 e. The molecule has 5 heteroatoms. The maximum atomic E-state index is 5.46. The van der Waals surface area contributed by atoms with Gasteiger partial charge in [-0.15, -0.1) is 0 Å². The number of nitrogens with zero attached hydrogens (tertiary/aromatic N) is 2. The summed E-state index contributed by atoms with van der Waals surface area (Å²) in [6.45, 7) is 4.72. The van der Waals surface area contributed by atoms with E-state index in [-0.39, 0.29) is 0 Å². The molecule has 0 amide bonds. The van der Waals surface area contributed by atoms with Crippen LogP contribution >= 0.6 is 0 Å². The van der Waals surface area contributed by atoms with E-state index in [1.807, 2.05) is 0 Å². The van der Waals surface area contributed by atoms with Crippen LogP contribution in [-0.2, 0) is 11.2 Å². The highest BCUT2D eigenvalue weighted by molar-refractivity contribution is 4.99. The standard InChI is InChI=1S/C16H27N3O2/c1-2-3-12-4-6-13(7-5-12)16-18-15(21-19-16)10-14-11-20-9-8-17-14/h12-14,17H,2-11H2,1H3. The maximum Gasteiger partial charge on any atom is 0.228 e. The summed E-state index contributed by atoms with van der Waals surface area (Å²) < 4.78 is 10.9. The molecule has 1 N–H and O–H groups in total. The highest BCUT2D eigenvalue weighted by Crippen LogP contribution is 2.36. The number of ether oxygens (including phenoxy) is 1. The van der Waals surface area contributed by atoms with Gasteiger partial charge in [0.05, 0.1) is 13.2 Å². The Morgan fingerprint density at radius 2 is 2.10 bits per heavy atom. The zero-order chi connectivity index (χ0) is 14.5. The Morgan fingerprint density at radius 3 is 2.81 bits per heavy atom. The molecule has 1 unspecified atom stereocenters. The zero-order valence-electron chi connectivity index (χ0n) is 13.0. The third-order valence-corrected chi connectivity index (χ3v) is 4.81. The van der Waals surface area contributed by atoms with Gasteiger partial charge in [-0.1, -0.05) is 24.9 Å². The van der Waals surface area contributed by atoms with Crippen LogP contribution < -0.4 is 5.32 Å². The van der Waals surface area contributed by atoms with Gasteiger partial charge in [-0.25, -0.2) is 0 Å². The van der Waals surface area contributed by atoms with Crippen molar-refractivity contribution in [2.45, 2.75) is 63.8 Å². The molecular formula is C16H27N3O2. The minimum atomic E-state index is 0.312. The van der Waals surface area contributed by atoms with E-state index in [9.17, 15) is 0 Å². The van der Waals surface area contributed by atoms with Crippen LogP contribution in [0.25, 0.3) is 0 Å². The predicted molar refractivity (Wildman–Crippen MR) is 80.2 cm³/mol. The van der Waals surface area contributed by atoms with Crippen LogP contribution in [0.4, 0.5) is 0 Å². The summed E-state index contributed by atoms with van der Waals surface area (Å²) in [5.74, 6) is 3.10. The maximum absolute atomic E-state index is 5.46. The van der Waals surface area contributed by atoms with Gasteiger partial charge in [0.15, 0.2) is 5.82 Å². The van der Waals surface area contributed by atoms with Gasteiger partial charge < -0.3 is 14.6 Å². The molecule has 1 aromatic heterocycles. The second-order valence-corrected chi connectivity index (χ2v) is 6.48. The van der Waals surface area contributed by atoms with Gasteiger partial charge >= 0.3 is 0 Å². The molecule has 1 saturated carbocycles. The highest BCUT2D eigenvalue weighted by Gasteiger charge is 2.26. The topological polar surface area (TPSA) is 60.2 Å². The van der Waals surface area contributed by atoms with E-state index in [1.165, 1.54) is 38.5 Å². The number of nitrogens with one attached hydrogen (secondary N) is 1. The van der Waals surface area contributed by atoms with Crippen LogP contribution in [0, 0.1) is 5.92 Å². The van der Waals surface area contributed by atoms with Gasteiger partial charge in [-0.2, -0.15) is 4.98 Å². The van der Waals surface area contributed by atoms with Crippen molar-refractivity contribution in [3.05, 3.63) is 11.7 Å². The Hall–Kier alpha value is -0.940. The third-order valence-electron chi connectivity index (χ3n) is 4.81. The lowest BCUT2D eigenvalue weighted by Gasteiger charge is -2.26. The van der Waals surface area contributed by atoms with Crippen LogP contribution in [0.3, 0.4) is 0 Å². The smallest absolute Gasteiger partial charge is 0.228 e. The first-order valence-electron chi connectivity index (χ1n) is 8.48. The summed E-state index contributed by atoms with van der Waals surface area (Å²) in [7, 11) is 0. The number of morpholine rings is 1. The molecule has 2 fully saturated rings. The quantitative estimate of drug-likeness (QED) is 0.904. The van der Waals surface area contributed by atoms with Crippen LogP contribution in [0.15, 0.2) is 4.52 Å². The van der Waals surface area contributed by atoms with Crippen LogP contribution in [0.5, 0.6) is 0 Å². The molecule has 2 aliphatic rings. The molecule has 0 aromatic carbocycles. The fraction of sp³-hybridized carbons (Fsp3) is 0.875. The Labute approximate surface area is 126 Å². The van der Waals surface area contributed by atoms with E-state index >= 15 is 0 Å². The fourth-order valence-electron chi connectivity index (χ4n) is 3.60. The lowest BCUT2D eigenvalue weighted by Crippen LogP contribution is -2.42. The van der Waals surface area contributed by atoms with E-state index in [1.54, 1.807) is 0 Å².